The Kier molecular flexibility index (Phi) is 4.08. The lowest BCUT2D eigenvalue weighted by Crippen LogP contribution is -2.26. The molecule has 0 spiro atoms. The van der Waals surface area contributed by atoms with Crippen molar-refractivity contribution in [2.45, 2.75) is 30.4 Å². The summed E-state index contributed by atoms with van der Waals surface area (Å²) in [6.45, 7) is 3.43. The molecule has 21 heavy (non-hydrogen) atoms. The Morgan fingerprint density at radius 2 is 2.10 bits per heavy atom. The molecule has 1 aromatic rings. The van der Waals surface area contributed by atoms with Crippen LogP contribution in [0.4, 0.5) is 5.69 Å². The van der Waals surface area contributed by atoms with Crippen LogP contribution < -0.4 is 4.67 Å². The van der Waals surface area contributed by atoms with Gasteiger partial charge in [0.25, 0.3) is 0 Å². The van der Waals surface area contributed by atoms with Crippen LogP contribution >= 0.6 is 20.1 Å². The highest BCUT2D eigenvalue weighted by molar-refractivity contribution is 7.52. The molecule has 3 fully saturated rings. The Morgan fingerprint density at radius 1 is 1.24 bits per heavy atom. The Morgan fingerprint density at radius 3 is 2.86 bits per heavy atom. The van der Waals surface area contributed by atoms with Crippen LogP contribution in [-0.4, -0.2) is 48.5 Å². The SMILES string of the molecule is Cl[C@@H]1COC[C@H]1OP1N(c2ccccc2)C[C@@H]2CCCN21. The summed E-state index contributed by atoms with van der Waals surface area (Å²) in [4.78, 5) is 0. The molecule has 3 saturated heterocycles. The summed E-state index contributed by atoms with van der Waals surface area (Å²) in [6, 6.07) is 11.2. The van der Waals surface area contributed by atoms with Gasteiger partial charge in [-0.1, -0.05) is 18.2 Å². The molecule has 0 N–H and O–H groups in total. The first-order valence-electron chi connectivity index (χ1n) is 7.61. The maximum atomic E-state index is 6.43. The van der Waals surface area contributed by atoms with E-state index in [1.54, 1.807) is 0 Å². The van der Waals surface area contributed by atoms with E-state index in [0.29, 0.717) is 19.3 Å². The molecular formula is C15H20ClN2O2P. The summed E-state index contributed by atoms with van der Waals surface area (Å²) in [5.74, 6) is 0. The zero-order chi connectivity index (χ0) is 14.2. The van der Waals surface area contributed by atoms with E-state index in [0.717, 1.165) is 13.1 Å². The first-order valence-corrected chi connectivity index (χ1v) is 9.21. The van der Waals surface area contributed by atoms with Crippen molar-refractivity contribution in [2.24, 2.45) is 0 Å². The monoisotopic (exact) mass is 326 g/mol. The van der Waals surface area contributed by atoms with Gasteiger partial charge >= 0.3 is 0 Å². The summed E-state index contributed by atoms with van der Waals surface area (Å²) in [7, 11) is -0.761. The predicted octanol–water partition coefficient (Wildman–Crippen LogP) is 3.22. The third-order valence-electron chi connectivity index (χ3n) is 4.40. The van der Waals surface area contributed by atoms with Gasteiger partial charge in [0.05, 0.1) is 18.6 Å². The number of anilines is 1. The van der Waals surface area contributed by atoms with Crippen LogP contribution in [0.5, 0.6) is 0 Å². The molecular weight excluding hydrogens is 307 g/mol. The highest BCUT2D eigenvalue weighted by Gasteiger charge is 2.46. The second kappa shape index (κ2) is 6.02. The van der Waals surface area contributed by atoms with Gasteiger partial charge in [-0.15, -0.1) is 11.6 Å². The third kappa shape index (κ3) is 2.69. The summed E-state index contributed by atoms with van der Waals surface area (Å²) in [6.07, 6.45) is 2.57. The molecule has 4 atom stereocenters. The first-order chi connectivity index (χ1) is 10.3. The van der Waals surface area contributed by atoms with E-state index in [2.05, 4.69) is 39.7 Å². The fourth-order valence-corrected chi connectivity index (χ4v) is 5.97. The van der Waals surface area contributed by atoms with Gasteiger partial charge in [0.15, 0.2) is 0 Å². The molecule has 4 nitrogen and oxygen atoms in total. The van der Waals surface area contributed by atoms with E-state index in [1.807, 2.05) is 0 Å². The van der Waals surface area contributed by atoms with Crippen molar-refractivity contribution >= 4 is 25.7 Å². The second-order valence-corrected chi connectivity index (χ2v) is 8.10. The van der Waals surface area contributed by atoms with Crippen LogP contribution in [0.2, 0.25) is 0 Å². The fourth-order valence-electron chi connectivity index (χ4n) is 3.29. The molecule has 3 aliphatic rings. The normalized spacial score (nSPS) is 36.3. The molecule has 0 bridgehead atoms. The zero-order valence-electron chi connectivity index (χ0n) is 11.9. The predicted molar refractivity (Wildman–Crippen MR) is 85.8 cm³/mol. The minimum atomic E-state index is -0.761. The Labute approximate surface area is 131 Å². The van der Waals surface area contributed by atoms with Crippen molar-refractivity contribution in [2.75, 3.05) is 31.0 Å². The standard InChI is InChI=1S/C15H20ClN2O2P/c16-14-10-19-11-15(14)20-21-17-8-4-7-13(17)9-18(21)12-5-2-1-3-6-12/h1-3,5-6,13-15H,4,7-11H2/t13-,14+,15+,21?/m0/s1. The van der Waals surface area contributed by atoms with Gasteiger partial charge in [0.1, 0.15) is 6.10 Å². The summed E-state index contributed by atoms with van der Waals surface area (Å²) in [5.41, 5.74) is 1.25. The number of rotatable bonds is 3. The minimum Gasteiger partial charge on any atom is -0.377 e. The Bertz CT molecular complexity index is 492. The fraction of sp³-hybridized carbons (Fsp3) is 0.600. The number of ether oxygens (including phenoxy) is 1. The van der Waals surface area contributed by atoms with Crippen LogP contribution in [0.3, 0.4) is 0 Å². The number of hydrogen-bond donors (Lipinski definition) is 0. The Balaban J connectivity index is 1.57. The molecule has 1 aromatic carbocycles. The van der Waals surface area contributed by atoms with E-state index in [-0.39, 0.29) is 11.5 Å². The topological polar surface area (TPSA) is 24.9 Å². The first kappa shape index (κ1) is 14.2. The van der Waals surface area contributed by atoms with Crippen molar-refractivity contribution in [3.8, 4) is 0 Å². The van der Waals surface area contributed by atoms with Crippen molar-refractivity contribution in [3.63, 3.8) is 0 Å². The lowest BCUT2D eigenvalue weighted by Gasteiger charge is -2.31. The number of fused-ring (bicyclic) bond motifs is 1. The number of benzene rings is 1. The lowest BCUT2D eigenvalue weighted by atomic mass is 10.2. The molecule has 0 radical (unpaired) electrons. The molecule has 3 heterocycles. The van der Waals surface area contributed by atoms with Crippen molar-refractivity contribution < 1.29 is 9.26 Å². The average molecular weight is 327 g/mol. The molecule has 0 aliphatic carbocycles. The van der Waals surface area contributed by atoms with Gasteiger partial charge in [0.2, 0.25) is 8.45 Å². The van der Waals surface area contributed by atoms with E-state index in [9.17, 15) is 0 Å². The zero-order valence-corrected chi connectivity index (χ0v) is 13.5. The molecule has 1 unspecified atom stereocenters. The minimum absolute atomic E-state index is 0.0170. The summed E-state index contributed by atoms with van der Waals surface area (Å²) in [5, 5.41) is -0.0215. The number of hydrogen-bond acceptors (Lipinski definition) is 4. The van der Waals surface area contributed by atoms with Gasteiger partial charge in [0, 0.05) is 24.8 Å². The molecule has 4 rings (SSSR count). The van der Waals surface area contributed by atoms with E-state index in [1.165, 1.54) is 18.5 Å². The number of para-hydroxylation sites is 1. The van der Waals surface area contributed by atoms with Crippen LogP contribution in [0.25, 0.3) is 0 Å². The Hall–Kier alpha value is -0.380. The van der Waals surface area contributed by atoms with Gasteiger partial charge in [-0.05, 0) is 25.0 Å². The summed E-state index contributed by atoms with van der Waals surface area (Å²) < 4.78 is 16.9. The van der Waals surface area contributed by atoms with Crippen LogP contribution in [0.15, 0.2) is 30.3 Å². The van der Waals surface area contributed by atoms with Crippen molar-refractivity contribution in [1.82, 2.24) is 4.67 Å². The van der Waals surface area contributed by atoms with Gasteiger partial charge < -0.3 is 13.9 Å². The maximum Gasteiger partial charge on any atom is 0.218 e. The molecule has 0 saturated carbocycles. The largest absolute Gasteiger partial charge is 0.377 e. The van der Waals surface area contributed by atoms with E-state index < -0.39 is 8.45 Å². The van der Waals surface area contributed by atoms with Crippen LogP contribution in [0, 0.1) is 0 Å². The van der Waals surface area contributed by atoms with E-state index in [4.69, 9.17) is 20.9 Å². The quantitative estimate of drug-likeness (QED) is 0.629. The summed E-state index contributed by atoms with van der Waals surface area (Å²) >= 11 is 6.32. The number of halogens is 1. The molecule has 3 aliphatic heterocycles. The number of nitrogens with zero attached hydrogens (tertiary/aromatic N) is 2. The lowest BCUT2D eigenvalue weighted by molar-refractivity contribution is 0.145. The maximum absolute atomic E-state index is 6.43. The van der Waals surface area contributed by atoms with Crippen LogP contribution in [0.1, 0.15) is 12.8 Å². The molecule has 6 heteroatoms. The van der Waals surface area contributed by atoms with Gasteiger partial charge in [-0.2, -0.15) is 0 Å². The highest BCUT2D eigenvalue weighted by atomic mass is 35.5. The van der Waals surface area contributed by atoms with Crippen molar-refractivity contribution in [3.05, 3.63) is 30.3 Å². The van der Waals surface area contributed by atoms with Gasteiger partial charge in [-0.25, -0.2) is 4.67 Å². The third-order valence-corrected chi connectivity index (χ3v) is 7.04. The smallest absolute Gasteiger partial charge is 0.218 e. The molecule has 0 aromatic heterocycles. The molecule has 114 valence electrons. The van der Waals surface area contributed by atoms with Crippen LogP contribution in [-0.2, 0) is 9.26 Å². The van der Waals surface area contributed by atoms with Gasteiger partial charge in [-0.3, -0.25) is 0 Å². The number of alkyl halides is 1. The van der Waals surface area contributed by atoms with Crippen molar-refractivity contribution in [1.29, 1.82) is 0 Å². The van der Waals surface area contributed by atoms with E-state index >= 15 is 0 Å². The average Bonchev–Trinajstić information content (AvgIpc) is 3.19. The highest BCUT2D eigenvalue weighted by Crippen LogP contribution is 2.57. The molecule has 0 amide bonds. The second-order valence-electron chi connectivity index (χ2n) is 5.83.